The van der Waals surface area contributed by atoms with E-state index in [0.29, 0.717) is 21.9 Å². The smallest absolute Gasteiger partial charge is 0.264 e. The second kappa shape index (κ2) is 7.94. The third-order valence-corrected chi connectivity index (χ3v) is 6.11. The molecule has 0 spiro atoms. The highest BCUT2D eigenvalue weighted by Crippen LogP contribution is 2.26. The molecule has 3 N–H and O–H groups in total. The molecule has 2 amide bonds. The van der Waals surface area contributed by atoms with E-state index in [0.717, 1.165) is 6.92 Å². The summed E-state index contributed by atoms with van der Waals surface area (Å²) in [6, 6.07) is 5.50. The molecule has 0 saturated heterocycles. The van der Waals surface area contributed by atoms with Gasteiger partial charge in [0.2, 0.25) is 11.8 Å². The Morgan fingerprint density at radius 2 is 1.86 bits per heavy atom. The summed E-state index contributed by atoms with van der Waals surface area (Å²) in [6.07, 6.45) is 2.88. The van der Waals surface area contributed by atoms with Gasteiger partial charge in [-0.05, 0) is 31.2 Å². The Morgan fingerprint density at radius 3 is 2.54 bits per heavy atom. The van der Waals surface area contributed by atoms with Crippen LogP contribution >= 0.6 is 11.8 Å². The largest absolute Gasteiger partial charge is 0.341 e. The highest BCUT2D eigenvalue weighted by atomic mass is 32.2. The Balaban J connectivity index is 1.67. The van der Waals surface area contributed by atoms with Crippen LogP contribution < -0.4 is 10.0 Å². The minimum Gasteiger partial charge on any atom is -0.341 e. The molecule has 12 heteroatoms. The molecule has 0 aliphatic rings. The minimum absolute atomic E-state index is 0.0780. The predicted molar refractivity (Wildman–Crippen MR) is 103 cm³/mol. The number of aromatic nitrogens is 4. The van der Waals surface area contributed by atoms with Gasteiger partial charge >= 0.3 is 0 Å². The maximum atomic E-state index is 12.4. The number of carbonyl (C=O) groups is 2. The summed E-state index contributed by atoms with van der Waals surface area (Å²) < 4.78 is 25.7. The molecule has 3 rings (SSSR count). The molecule has 10 nitrogen and oxygen atoms in total. The fraction of sp³-hybridized carbons (Fsp3) is 0.188. The van der Waals surface area contributed by atoms with Crippen molar-refractivity contribution in [2.45, 2.75) is 29.0 Å². The molecule has 2 heterocycles. The highest BCUT2D eigenvalue weighted by molar-refractivity contribution is 8.00. The zero-order valence-corrected chi connectivity index (χ0v) is 16.5. The van der Waals surface area contributed by atoms with Gasteiger partial charge in [0, 0.05) is 12.6 Å². The van der Waals surface area contributed by atoms with Crippen LogP contribution in [0.5, 0.6) is 0 Å². The number of fused-ring (bicyclic) bond motifs is 1. The number of hydrogen-bond acceptors (Lipinski definition) is 8. The average molecular weight is 420 g/mol. The van der Waals surface area contributed by atoms with Gasteiger partial charge in [0.15, 0.2) is 5.65 Å². The molecule has 28 heavy (non-hydrogen) atoms. The molecule has 0 saturated carbocycles. The van der Waals surface area contributed by atoms with Gasteiger partial charge in [-0.2, -0.15) is 0 Å². The highest BCUT2D eigenvalue weighted by Gasteiger charge is 2.19. The third kappa shape index (κ3) is 4.46. The number of amides is 2. The van der Waals surface area contributed by atoms with Gasteiger partial charge in [0.1, 0.15) is 16.9 Å². The van der Waals surface area contributed by atoms with E-state index in [1.54, 1.807) is 6.92 Å². The average Bonchev–Trinajstić information content (AvgIpc) is 3.11. The van der Waals surface area contributed by atoms with Crippen molar-refractivity contribution in [3.63, 3.8) is 0 Å². The van der Waals surface area contributed by atoms with Crippen LogP contribution in [0.2, 0.25) is 0 Å². The lowest BCUT2D eigenvalue weighted by atomic mass is 10.3. The first kappa shape index (κ1) is 19.8. The monoisotopic (exact) mass is 420 g/mol. The number of aromatic amines is 1. The number of nitrogens with zero attached hydrogens (tertiary/aromatic N) is 3. The zero-order chi connectivity index (χ0) is 20.3. The van der Waals surface area contributed by atoms with Crippen LogP contribution in [0.4, 0.5) is 5.69 Å². The predicted octanol–water partition coefficient (Wildman–Crippen LogP) is 1.30. The van der Waals surface area contributed by atoms with Crippen molar-refractivity contribution in [2.75, 3.05) is 5.32 Å². The van der Waals surface area contributed by atoms with Crippen LogP contribution in [0.15, 0.2) is 46.8 Å². The lowest BCUT2D eigenvalue weighted by Crippen LogP contribution is -2.28. The lowest BCUT2D eigenvalue weighted by Gasteiger charge is -2.12. The van der Waals surface area contributed by atoms with E-state index in [1.165, 1.54) is 48.7 Å². The van der Waals surface area contributed by atoms with Crippen molar-refractivity contribution >= 4 is 50.5 Å². The maximum absolute atomic E-state index is 12.4. The first-order valence-electron chi connectivity index (χ1n) is 8.01. The molecule has 0 aliphatic carbocycles. The van der Waals surface area contributed by atoms with Crippen LogP contribution in [-0.2, 0) is 19.6 Å². The van der Waals surface area contributed by atoms with Crippen molar-refractivity contribution < 1.29 is 18.0 Å². The van der Waals surface area contributed by atoms with E-state index in [9.17, 15) is 18.0 Å². The second-order valence-electron chi connectivity index (χ2n) is 5.72. The third-order valence-electron chi connectivity index (χ3n) is 3.56. The fourth-order valence-electron chi connectivity index (χ4n) is 2.26. The van der Waals surface area contributed by atoms with Crippen LogP contribution in [0.1, 0.15) is 13.8 Å². The lowest BCUT2D eigenvalue weighted by molar-refractivity contribution is -0.117. The van der Waals surface area contributed by atoms with Gasteiger partial charge in [-0.25, -0.2) is 28.1 Å². The van der Waals surface area contributed by atoms with Crippen molar-refractivity contribution in [1.29, 1.82) is 0 Å². The summed E-state index contributed by atoms with van der Waals surface area (Å²) in [5, 5.41) is 2.83. The number of thioether (sulfide) groups is 1. The molecule has 0 bridgehead atoms. The Bertz CT molecular complexity index is 1130. The van der Waals surface area contributed by atoms with Crippen molar-refractivity contribution in [2.24, 2.45) is 0 Å². The summed E-state index contributed by atoms with van der Waals surface area (Å²) in [6.45, 7) is 2.83. The number of sulfonamides is 1. The van der Waals surface area contributed by atoms with E-state index < -0.39 is 21.2 Å². The Hall–Kier alpha value is -2.99. The summed E-state index contributed by atoms with van der Waals surface area (Å²) >= 11 is 1.24. The van der Waals surface area contributed by atoms with Crippen LogP contribution in [0, 0.1) is 0 Å². The van der Waals surface area contributed by atoms with E-state index in [2.05, 4.69) is 25.3 Å². The number of H-pyrrole nitrogens is 1. The summed E-state index contributed by atoms with van der Waals surface area (Å²) in [7, 11) is -3.92. The van der Waals surface area contributed by atoms with E-state index >= 15 is 0 Å². The molecule has 1 aromatic carbocycles. The van der Waals surface area contributed by atoms with Crippen LogP contribution in [0.3, 0.4) is 0 Å². The normalized spacial score (nSPS) is 12.5. The molecule has 2 aromatic heterocycles. The molecule has 0 fully saturated rings. The quantitative estimate of drug-likeness (QED) is 0.399. The number of nitrogens with one attached hydrogen (secondary N) is 3. The topological polar surface area (TPSA) is 147 Å². The van der Waals surface area contributed by atoms with E-state index in [1.807, 2.05) is 4.72 Å². The molecule has 0 unspecified atom stereocenters. The van der Waals surface area contributed by atoms with Gasteiger partial charge in [0.05, 0.1) is 16.5 Å². The molecule has 146 valence electrons. The van der Waals surface area contributed by atoms with Gasteiger partial charge in [-0.1, -0.05) is 11.8 Å². The zero-order valence-electron chi connectivity index (χ0n) is 14.8. The van der Waals surface area contributed by atoms with Gasteiger partial charge in [0.25, 0.3) is 10.0 Å². The second-order valence-corrected chi connectivity index (χ2v) is 8.73. The van der Waals surface area contributed by atoms with Gasteiger partial charge < -0.3 is 10.3 Å². The Labute approximate surface area is 164 Å². The number of benzene rings is 1. The molecule has 3 aromatic rings. The number of hydrogen-bond donors (Lipinski definition) is 3. The molecular weight excluding hydrogens is 404 g/mol. The molecular formula is C16H16N6O4S2. The van der Waals surface area contributed by atoms with Crippen molar-refractivity contribution in [3.05, 3.63) is 36.9 Å². The van der Waals surface area contributed by atoms with Crippen LogP contribution in [-0.4, -0.2) is 45.4 Å². The number of carbonyl (C=O) groups excluding carboxylic acids is 2. The first-order valence-corrected chi connectivity index (χ1v) is 10.4. The number of rotatable bonds is 6. The number of anilines is 1. The Morgan fingerprint density at radius 1 is 1.14 bits per heavy atom. The first-order chi connectivity index (χ1) is 13.3. The maximum Gasteiger partial charge on any atom is 0.264 e. The van der Waals surface area contributed by atoms with Crippen molar-refractivity contribution in [1.82, 2.24) is 24.7 Å². The van der Waals surface area contributed by atoms with E-state index in [4.69, 9.17) is 0 Å². The number of imidazole rings is 1. The summed E-state index contributed by atoms with van der Waals surface area (Å²) in [4.78, 5) is 38.5. The standard InChI is InChI=1S/C16H16N6O4S2/c1-9(27-16-13-14(18-7-17-13)19-8-20-16)15(24)21-11-3-5-12(6-4-11)28(25,26)22-10(2)23/h3-9H,1-2H3,(H,21,24)(H,22,23)(H,17,18,19,20)/t9-/m0/s1. The van der Waals surface area contributed by atoms with E-state index in [-0.39, 0.29) is 10.8 Å². The minimum atomic E-state index is -3.92. The fourth-order valence-corrected chi connectivity index (χ4v) is 4.13. The summed E-state index contributed by atoms with van der Waals surface area (Å²) in [5.41, 5.74) is 1.59. The molecule has 0 radical (unpaired) electrons. The molecule has 0 aliphatic heterocycles. The van der Waals surface area contributed by atoms with Gasteiger partial charge in [-0.3, -0.25) is 9.59 Å². The van der Waals surface area contributed by atoms with Crippen molar-refractivity contribution in [3.8, 4) is 0 Å². The molecule has 1 atom stereocenters. The van der Waals surface area contributed by atoms with Gasteiger partial charge in [-0.15, -0.1) is 0 Å². The Kier molecular flexibility index (Phi) is 5.61. The summed E-state index contributed by atoms with van der Waals surface area (Å²) in [5.74, 6) is -0.965. The SMILES string of the molecule is CC(=O)NS(=O)(=O)c1ccc(NC(=O)[C@H](C)Sc2ncnc3nc[nH]c23)cc1. The van der Waals surface area contributed by atoms with Crippen LogP contribution in [0.25, 0.3) is 11.2 Å².